The Kier molecular flexibility index (Phi) is 4.77. The van der Waals surface area contributed by atoms with Gasteiger partial charge in [0.05, 0.1) is 13.5 Å². The Morgan fingerprint density at radius 3 is 2.81 bits per heavy atom. The fourth-order valence-corrected chi connectivity index (χ4v) is 3.68. The number of benzene rings is 1. The SMILES string of the molecule is COc1cc(CC(=O)NC2(C(=O)O)CCSC2)ccc1C. The molecule has 2 N–H and O–H groups in total. The Labute approximate surface area is 128 Å². The van der Waals surface area contributed by atoms with Gasteiger partial charge >= 0.3 is 5.97 Å². The van der Waals surface area contributed by atoms with Crippen LogP contribution in [0.4, 0.5) is 0 Å². The highest BCUT2D eigenvalue weighted by molar-refractivity contribution is 7.99. The van der Waals surface area contributed by atoms with Crippen LogP contribution in [0.2, 0.25) is 0 Å². The second-order valence-electron chi connectivity index (χ2n) is 5.22. The molecular formula is C15H19NO4S. The van der Waals surface area contributed by atoms with Crippen molar-refractivity contribution in [3.05, 3.63) is 29.3 Å². The summed E-state index contributed by atoms with van der Waals surface area (Å²) >= 11 is 1.55. The first kappa shape index (κ1) is 15.7. The van der Waals surface area contributed by atoms with Crippen LogP contribution in [0.3, 0.4) is 0 Å². The standard InChI is InChI=1S/C15H19NO4S/c1-10-3-4-11(7-12(10)20-2)8-13(17)16-15(14(18)19)5-6-21-9-15/h3-4,7H,5-6,8-9H2,1-2H3,(H,16,17)(H,18,19). The number of nitrogens with one attached hydrogen (secondary N) is 1. The Hall–Kier alpha value is -1.69. The molecule has 0 bridgehead atoms. The zero-order valence-corrected chi connectivity index (χ0v) is 13.0. The lowest BCUT2D eigenvalue weighted by Crippen LogP contribution is -2.55. The molecule has 1 aromatic carbocycles. The molecule has 1 amide bonds. The quantitative estimate of drug-likeness (QED) is 0.864. The average molecular weight is 309 g/mol. The van der Waals surface area contributed by atoms with Crippen LogP contribution in [0.5, 0.6) is 5.75 Å². The minimum atomic E-state index is -1.11. The predicted molar refractivity (Wildman–Crippen MR) is 81.9 cm³/mol. The van der Waals surface area contributed by atoms with Crippen LogP contribution in [0, 0.1) is 6.92 Å². The van der Waals surface area contributed by atoms with Gasteiger partial charge in [-0.05, 0) is 36.3 Å². The number of carboxylic acids is 1. The number of amides is 1. The van der Waals surface area contributed by atoms with Crippen molar-refractivity contribution in [2.24, 2.45) is 0 Å². The molecule has 0 aromatic heterocycles. The Morgan fingerprint density at radius 1 is 1.48 bits per heavy atom. The van der Waals surface area contributed by atoms with Gasteiger partial charge in [-0.3, -0.25) is 4.79 Å². The molecule has 0 saturated carbocycles. The molecule has 5 nitrogen and oxygen atoms in total. The highest BCUT2D eigenvalue weighted by atomic mass is 32.2. The van der Waals surface area contributed by atoms with Gasteiger partial charge in [-0.25, -0.2) is 4.79 Å². The molecule has 2 rings (SSSR count). The second kappa shape index (κ2) is 6.39. The monoisotopic (exact) mass is 309 g/mol. The number of aliphatic carboxylic acids is 1. The van der Waals surface area contributed by atoms with Gasteiger partial charge in [0, 0.05) is 5.75 Å². The van der Waals surface area contributed by atoms with Crippen LogP contribution >= 0.6 is 11.8 Å². The molecule has 0 aliphatic carbocycles. The molecular weight excluding hydrogens is 290 g/mol. The highest BCUT2D eigenvalue weighted by Gasteiger charge is 2.43. The maximum atomic E-state index is 12.1. The summed E-state index contributed by atoms with van der Waals surface area (Å²) in [5.41, 5.74) is 0.688. The summed E-state index contributed by atoms with van der Waals surface area (Å²) in [5.74, 6) is 0.675. The number of carbonyl (C=O) groups excluding carboxylic acids is 1. The van der Waals surface area contributed by atoms with Crippen LogP contribution in [0.25, 0.3) is 0 Å². The molecule has 0 spiro atoms. The highest BCUT2D eigenvalue weighted by Crippen LogP contribution is 2.28. The van der Waals surface area contributed by atoms with Crippen molar-refractivity contribution in [2.75, 3.05) is 18.6 Å². The van der Waals surface area contributed by atoms with Gasteiger partial charge in [-0.1, -0.05) is 12.1 Å². The summed E-state index contributed by atoms with van der Waals surface area (Å²) in [7, 11) is 1.58. The maximum absolute atomic E-state index is 12.1. The smallest absolute Gasteiger partial charge is 0.330 e. The van der Waals surface area contributed by atoms with Crippen LogP contribution in [0.1, 0.15) is 17.5 Å². The van der Waals surface area contributed by atoms with Crippen molar-refractivity contribution < 1.29 is 19.4 Å². The van der Waals surface area contributed by atoms with Crippen molar-refractivity contribution in [1.29, 1.82) is 0 Å². The number of thioether (sulfide) groups is 1. The lowest BCUT2D eigenvalue weighted by atomic mass is 9.98. The van der Waals surface area contributed by atoms with E-state index in [0.29, 0.717) is 12.2 Å². The van der Waals surface area contributed by atoms with Crippen molar-refractivity contribution in [3.63, 3.8) is 0 Å². The molecule has 6 heteroatoms. The molecule has 114 valence electrons. The van der Waals surface area contributed by atoms with E-state index in [1.54, 1.807) is 18.9 Å². The number of hydrogen-bond donors (Lipinski definition) is 2. The third-order valence-electron chi connectivity index (χ3n) is 3.65. The molecule has 0 radical (unpaired) electrons. The van der Waals surface area contributed by atoms with E-state index in [9.17, 15) is 14.7 Å². The number of carbonyl (C=O) groups is 2. The van der Waals surface area contributed by atoms with Gasteiger partial charge in [0.2, 0.25) is 5.91 Å². The zero-order valence-electron chi connectivity index (χ0n) is 12.1. The van der Waals surface area contributed by atoms with Crippen molar-refractivity contribution in [1.82, 2.24) is 5.32 Å². The minimum absolute atomic E-state index is 0.149. The molecule has 1 aromatic rings. The van der Waals surface area contributed by atoms with E-state index in [4.69, 9.17) is 4.74 Å². The van der Waals surface area contributed by atoms with Crippen molar-refractivity contribution in [3.8, 4) is 5.75 Å². The average Bonchev–Trinajstić information content (AvgIpc) is 2.90. The number of methoxy groups -OCH3 is 1. The Bertz CT molecular complexity index is 553. The van der Waals surface area contributed by atoms with E-state index in [1.807, 2.05) is 25.1 Å². The largest absolute Gasteiger partial charge is 0.496 e. The number of carboxylic acid groups (broad SMARTS) is 1. The molecule has 1 aliphatic rings. The van der Waals surface area contributed by atoms with E-state index in [1.165, 1.54) is 0 Å². The van der Waals surface area contributed by atoms with Gasteiger partial charge in [-0.2, -0.15) is 11.8 Å². The van der Waals surface area contributed by atoms with E-state index >= 15 is 0 Å². The van der Waals surface area contributed by atoms with E-state index in [0.717, 1.165) is 22.6 Å². The van der Waals surface area contributed by atoms with Gasteiger partial charge in [0.15, 0.2) is 0 Å². The topological polar surface area (TPSA) is 75.6 Å². The molecule has 21 heavy (non-hydrogen) atoms. The van der Waals surface area contributed by atoms with E-state index in [2.05, 4.69) is 5.32 Å². The first-order valence-corrected chi connectivity index (χ1v) is 7.88. The Balaban J connectivity index is 2.06. The van der Waals surface area contributed by atoms with Crippen LogP contribution in [-0.2, 0) is 16.0 Å². The van der Waals surface area contributed by atoms with E-state index in [-0.39, 0.29) is 12.3 Å². The Morgan fingerprint density at radius 2 is 2.24 bits per heavy atom. The second-order valence-corrected chi connectivity index (χ2v) is 6.32. The van der Waals surface area contributed by atoms with Gasteiger partial charge in [0.1, 0.15) is 11.3 Å². The van der Waals surface area contributed by atoms with Crippen LogP contribution in [0.15, 0.2) is 18.2 Å². The number of hydrogen-bond acceptors (Lipinski definition) is 4. The molecule has 1 fully saturated rings. The molecule has 1 heterocycles. The van der Waals surface area contributed by atoms with Crippen LogP contribution < -0.4 is 10.1 Å². The van der Waals surface area contributed by atoms with Gasteiger partial charge < -0.3 is 15.2 Å². The molecule has 1 aliphatic heterocycles. The van der Waals surface area contributed by atoms with Gasteiger partial charge in [-0.15, -0.1) is 0 Å². The summed E-state index contributed by atoms with van der Waals surface area (Å²) < 4.78 is 5.23. The van der Waals surface area contributed by atoms with Gasteiger partial charge in [0.25, 0.3) is 0 Å². The third-order valence-corrected chi connectivity index (χ3v) is 4.84. The minimum Gasteiger partial charge on any atom is -0.496 e. The summed E-state index contributed by atoms with van der Waals surface area (Å²) in [4.78, 5) is 23.5. The molecule has 1 unspecified atom stereocenters. The number of rotatable bonds is 5. The fourth-order valence-electron chi connectivity index (χ4n) is 2.36. The summed E-state index contributed by atoms with van der Waals surface area (Å²) in [5, 5.41) is 12.0. The number of aryl methyl sites for hydroxylation is 1. The predicted octanol–water partition coefficient (Wildman–Crippen LogP) is 1.62. The first-order valence-electron chi connectivity index (χ1n) is 6.72. The van der Waals surface area contributed by atoms with Crippen LogP contribution in [-0.4, -0.2) is 41.1 Å². The zero-order chi connectivity index (χ0) is 15.5. The lowest BCUT2D eigenvalue weighted by Gasteiger charge is -2.24. The van der Waals surface area contributed by atoms with E-state index < -0.39 is 11.5 Å². The maximum Gasteiger partial charge on any atom is 0.330 e. The fraction of sp³-hybridized carbons (Fsp3) is 0.467. The number of ether oxygens (including phenoxy) is 1. The lowest BCUT2D eigenvalue weighted by molar-refractivity contribution is -0.146. The third kappa shape index (κ3) is 3.50. The molecule has 1 atom stereocenters. The molecule has 1 saturated heterocycles. The summed E-state index contributed by atoms with van der Waals surface area (Å²) in [6.07, 6.45) is 0.617. The first-order chi connectivity index (χ1) is 9.97. The van der Waals surface area contributed by atoms with Crippen molar-refractivity contribution in [2.45, 2.75) is 25.3 Å². The summed E-state index contributed by atoms with van der Waals surface area (Å²) in [6, 6.07) is 5.56. The normalized spacial score (nSPS) is 21.0. The summed E-state index contributed by atoms with van der Waals surface area (Å²) in [6.45, 7) is 1.93. The van der Waals surface area contributed by atoms with Crippen molar-refractivity contribution >= 4 is 23.6 Å².